The summed E-state index contributed by atoms with van der Waals surface area (Å²) in [6.07, 6.45) is 1.97. The van der Waals surface area contributed by atoms with E-state index in [1.165, 1.54) is 0 Å². The van der Waals surface area contributed by atoms with Crippen LogP contribution in [0.3, 0.4) is 0 Å². The van der Waals surface area contributed by atoms with Gasteiger partial charge < -0.3 is 4.90 Å². The molecule has 0 aromatic rings. The molecule has 1 fully saturated rings. The minimum atomic E-state index is 0.105. The van der Waals surface area contributed by atoms with Crippen LogP contribution in [0.25, 0.3) is 0 Å². The molecule has 0 radical (unpaired) electrons. The van der Waals surface area contributed by atoms with Gasteiger partial charge in [0.25, 0.3) is 0 Å². The largest absolute Gasteiger partial charge is 0.342 e. The Balaban J connectivity index is 2.44. The summed E-state index contributed by atoms with van der Waals surface area (Å²) in [7, 11) is 0. The Morgan fingerprint density at radius 3 is 2.46 bits per heavy atom. The average molecular weight is 183 g/mol. The zero-order valence-corrected chi connectivity index (χ0v) is 8.38. The van der Waals surface area contributed by atoms with Gasteiger partial charge in [-0.1, -0.05) is 13.8 Å². The standard InChI is InChI=1S/C10H17NO2/c1-3-8(2)10(13)11-6-4-9(12)5-7-11/h8H,3-7H2,1-2H3. The van der Waals surface area contributed by atoms with E-state index in [-0.39, 0.29) is 17.6 Å². The predicted octanol–water partition coefficient (Wildman–Crippen LogP) is 1.22. The SMILES string of the molecule is CCC(C)C(=O)N1CCC(=O)CC1. The molecule has 1 unspecified atom stereocenters. The van der Waals surface area contributed by atoms with E-state index in [0.29, 0.717) is 25.9 Å². The van der Waals surface area contributed by atoms with Crippen molar-refractivity contribution in [2.75, 3.05) is 13.1 Å². The van der Waals surface area contributed by atoms with E-state index < -0.39 is 0 Å². The number of ketones is 1. The van der Waals surface area contributed by atoms with E-state index in [1.807, 2.05) is 18.7 Å². The third kappa shape index (κ3) is 2.54. The fourth-order valence-corrected chi connectivity index (χ4v) is 1.46. The van der Waals surface area contributed by atoms with Gasteiger partial charge in [-0.05, 0) is 6.42 Å². The average Bonchev–Trinajstić information content (AvgIpc) is 2.17. The van der Waals surface area contributed by atoms with E-state index >= 15 is 0 Å². The third-order valence-corrected chi connectivity index (χ3v) is 2.67. The molecule has 1 atom stereocenters. The van der Waals surface area contributed by atoms with E-state index in [2.05, 4.69) is 0 Å². The molecular weight excluding hydrogens is 166 g/mol. The van der Waals surface area contributed by atoms with Gasteiger partial charge in [0.05, 0.1) is 0 Å². The fourth-order valence-electron chi connectivity index (χ4n) is 1.46. The number of Topliss-reactive ketones (excluding diaryl/α,β-unsaturated/α-hetero) is 1. The van der Waals surface area contributed by atoms with Gasteiger partial charge in [-0.2, -0.15) is 0 Å². The summed E-state index contributed by atoms with van der Waals surface area (Å²) in [6.45, 7) is 5.21. The molecule has 13 heavy (non-hydrogen) atoms. The molecule has 1 heterocycles. The van der Waals surface area contributed by atoms with Crippen LogP contribution in [0.1, 0.15) is 33.1 Å². The lowest BCUT2D eigenvalue weighted by molar-refractivity contribution is -0.137. The highest BCUT2D eigenvalue weighted by atomic mass is 16.2. The molecule has 0 bridgehead atoms. The van der Waals surface area contributed by atoms with Gasteiger partial charge in [-0.3, -0.25) is 9.59 Å². The molecule has 0 saturated carbocycles. The molecule has 0 aromatic heterocycles. The number of likely N-dealkylation sites (tertiary alicyclic amines) is 1. The summed E-state index contributed by atoms with van der Waals surface area (Å²) in [5.74, 6) is 0.594. The van der Waals surface area contributed by atoms with Crippen molar-refractivity contribution in [2.24, 2.45) is 5.92 Å². The highest BCUT2D eigenvalue weighted by Gasteiger charge is 2.23. The van der Waals surface area contributed by atoms with Gasteiger partial charge >= 0.3 is 0 Å². The fraction of sp³-hybridized carbons (Fsp3) is 0.800. The molecule has 0 aromatic carbocycles. The minimum absolute atomic E-state index is 0.105. The quantitative estimate of drug-likeness (QED) is 0.645. The second kappa shape index (κ2) is 4.40. The summed E-state index contributed by atoms with van der Waals surface area (Å²) < 4.78 is 0. The topological polar surface area (TPSA) is 37.4 Å². The van der Waals surface area contributed by atoms with Gasteiger partial charge in [0.2, 0.25) is 5.91 Å². The van der Waals surface area contributed by atoms with Gasteiger partial charge in [0, 0.05) is 31.8 Å². The molecule has 3 heteroatoms. The van der Waals surface area contributed by atoms with Crippen molar-refractivity contribution in [3.8, 4) is 0 Å². The number of carbonyl (C=O) groups excluding carboxylic acids is 2. The summed E-state index contributed by atoms with van der Waals surface area (Å²) in [6, 6.07) is 0. The van der Waals surface area contributed by atoms with Crippen LogP contribution in [-0.4, -0.2) is 29.7 Å². The van der Waals surface area contributed by atoms with Crippen molar-refractivity contribution in [3.05, 3.63) is 0 Å². The normalized spacial score (nSPS) is 20.2. The molecule has 0 spiro atoms. The molecular formula is C10H17NO2. The second-order valence-corrected chi connectivity index (χ2v) is 3.67. The predicted molar refractivity (Wildman–Crippen MR) is 50.3 cm³/mol. The first-order chi connectivity index (χ1) is 6.15. The number of nitrogens with zero attached hydrogens (tertiary/aromatic N) is 1. The molecule has 1 amide bonds. The Bertz CT molecular complexity index is 203. The Morgan fingerprint density at radius 1 is 1.46 bits per heavy atom. The van der Waals surface area contributed by atoms with Crippen molar-refractivity contribution in [2.45, 2.75) is 33.1 Å². The zero-order chi connectivity index (χ0) is 9.84. The molecule has 1 aliphatic rings. The van der Waals surface area contributed by atoms with Gasteiger partial charge in [0.15, 0.2) is 0 Å². The summed E-state index contributed by atoms with van der Waals surface area (Å²) in [5, 5.41) is 0. The number of hydrogen-bond donors (Lipinski definition) is 0. The number of piperidine rings is 1. The van der Waals surface area contributed by atoms with Crippen LogP contribution in [0.2, 0.25) is 0 Å². The molecule has 0 aliphatic carbocycles. The van der Waals surface area contributed by atoms with Gasteiger partial charge in [-0.15, -0.1) is 0 Å². The molecule has 1 aliphatic heterocycles. The van der Waals surface area contributed by atoms with Crippen molar-refractivity contribution in [1.82, 2.24) is 4.90 Å². The Morgan fingerprint density at radius 2 is 2.00 bits per heavy atom. The Labute approximate surface area is 79.1 Å². The number of carbonyl (C=O) groups is 2. The first-order valence-corrected chi connectivity index (χ1v) is 4.95. The minimum Gasteiger partial charge on any atom is -0.342 e. The summed E-state index contributed by atoms with van der Waals surface area (Å²) in [4.78, 5) is 24.4. The lowest BCUT2D eigenvalue weighted by Crippen LogP contribution is -2.41. The van der Waals surface area contributed by atoms with Crippen LogP contribution < -0.4 is 0 Å². The van der Waals surface area contributed by atoms with Crippen LogP contribution >= 0.6 is 0 Å². The number of amides is 1. The Kier molecular flexibility index (Phi) is 3.46. The monoisotopic (exact) mass is 183 g/mol. The first-order valence-electron chi connectivity index (χ1n) is 4.95. The van der Waals surface area contributed by atoms with E-state index in [0.717, 1.165) is 6.42 Å². The van der Waals surface area contributed by atoms with Crippen molar-refractivity contribution >= 4 is 11.7 Å². The van der Waals surface area contributed by atoms with Gasteiger partial charge in [0.1, 0.15) is 5.78 Å². The van der Waals surface area contributed by atoms with E-state index in [4.69, 9.17) is 0 Å². The lowest BCUT2D eigenvalue weighted by atomic mass is 10.0. The highest BCUT2D eigenvalue weighted by molar-refractivity contribution is 5.84. The molecule has 74 valence electrons. The van der Waals surface area contributed by atoms with E-state index in [9.17, 15) is 9.59 Å². The van der Waals surface area contributed by atoms with Crippen LogP contribution in [0.4, 0.5) is 0 Å². The maximum absolute atomic E-state index is 11.7. The van der Waals surface area contributed by atoms with Crippen molar-refractivity contribution in [1.29, 1.82) is 0 Å². The van der Waals surface area contributed by atoms with Crippen LogP contribution in [-0.2, 0) is 9.59 Å². The zero-order valence-electron chi connectivity index (χ0n) is 8.38. The highest BCUT2D eigenvalue weighted by Crippen LogP contribution is 2.11. The lowest BCUT2D eigenvalue weighted by Gasteiger charge is -2.28. The number of hydrogen-bond acceptors (Lipinski definition) is 2. The molecule has 0 N–H and O–H groups in total. The second-order valence-electron chi connectivity index (χ2n) is 3.67. The maximum atomic E-state index is 11.7. The van der Waals surface area contributed by atoms with Gasteiger partial charge in [-0.25, -0.2) is 0 Å². The smallest absolute Gasteiger partial charge is 0.225 e. The maximum Gasteiger partial charge on any atom is 0.225 e. The van der Waals surface area contributed by atoms with E-state index in [1.54, 1.807) is 0 Å². The van der Waals surface area contributed by atoms with Crippen LogP contribution in [0.5, 0.6) is 0 Å². The Hall–Kier alpha value is -0.860. The molecule has 3 nitrogen and oxygen atoms in total. The summed E-state index contributed by atoms with van der Waals surface area (Å²) >= 11 is 0. The van der Waals surface area contributed by atoms with Crippen LogP contribution in [0.15, 0.2) is 0 Å². The van der Waals surface area contributed by atoms with Crippen LogP contribution in [0, 0.1) is 5.92 Å². The first kappa shape index (κ1) is 10.2. The molecule has 1 saturated heterocycles. The number of rotatable bonds is 2. The van der Waals surface area contributed by atoms with Crippen molar-refractivity contribution in [3.63, 3.8) is 0 Å². The third-order valence-electron chi connectivity index (χ3n) is 2.67. The molecule has 1 rings (SSSR count). The van der Waals surface area contributed by atoms with Crippen molar-refractivity contribution < 1.29 is 9.59 Å². The summed E-state index contributed by atoms with van der Waals surface area (Å²) in [5.41, 5.74) is 0.